The normalized spacial score (nSPS) is 15.9. The maximum absolute atomic E-state index is 13.0. The van der Waals surface area contributed by atoms with Gasteiger partial charge in [0.2, 0.25) is 0 Å². The van der Waals surface area contributed by atoms with E-state index in [1.807, 2.05) is 12.1 Å². The van der Waals surface area contributed by atoms with E-state index in [-0.39, 0.29) is 4.90 Å². The average molecular weight is 360 g/mol. The van der Waals surface area contributed by atoms with Crippen LogP contribution in [-0.4, -0.2) is 28.6 Å². The number of urea groups is 1. The molecule has 0 spiro atoms. The number of methoxy groups -OCH3 is 1. The molecule has 0 fully saturated rings. The summed E-state index contributed by atoms with van der Waals surface area (Å²) >= 11 is 0. The first-order valence-corrected chi connectivity index (χ1v) is 9.44. The minimum atomic E-state index is -3.98. The monoisotopic (exact) mass is 360 g/mol. The third-order valence-electron chi connectivity index (χ3n) is 4.22. The van der Waals surface area contributed by atoms with E-state index in [1.54, 1.807) is 31.3 Å². The lowest BCUT2D eigenvalue weighted by Gasteiger charge is -2.34. The number of ether oxygens (including phenoxy) is 1. The lowest BCUT2D eigenvalue weighted by molar-refractivity contribution is 0.255. The molecule has 0 saturated heterocycles. The molecule has 0 bridgehead atoms. The molecule has 132 valence electrons. The quantitative estimate of drug-likeness (QED) is 0.838. The van der Waals surface area contributed by atoms with Crippen molar-refractivity contribution in [2.24, 2.45) is 0 Å². The van der Waals surface area contributed by atoms with Gasteiger partial charge in [-0.1, -0.05) is 25.5 Å². The van der Waals surface area contributed by atoms with Gasteiger partial charge in [-0.05, 0) is 36.2 Å². The van der Waals surface area contributed by atoms with E-state index >= 15 is 0 Å². The highest BCUT2D eigenvalue weighted by Gasteiger charge is 2.41. The second-order valence-electron chi connectivity index (χ2n) is 5.86. The number of aryl methyl sites for hydroxylation is 1. The molecule has 1 heterocycles. The van der Waals surface area contributed by atoms with Gasteiger partial charge in [0.15, 0.2) is 0 Å². The van der Waals surface area contributed by atoms with E-state index in [2.05, 4.69) is 6.92 Å². The van der Waals surface area contributed by atoms with Crippen molar-refractivity contribution in [1.29, 1.82) is 0 Å². The minimum absolute atomic E-state index is 0.0769. The second kappa shape index (κ2) is 6.40. The Morgan fingerprint density at radius 3 is 2.36 bits per heavy atom. The molecular weight excluding hydrogens is 340 g/mol. The van der Waals surface area contributed by atoms with Crippen molar-refractivity contribution < 1.29 is 17.9 Å². The first-order chi connectivity index (χ1) is 11.9. The summed E-state index contributed by atoms with van der Waals surface area (Å²) in [5, 5.41) is 0. The third-order valence-corrected chi connectivity index (χ3v) is 5.96. The summed E-state index contributed by atoms with van der Waals surface area (Å²) in [5.41, 5.74) is 1.74. The zero-order valence-corrected chi connectivity index (χ0v) is 15.2. The van der Waals surface area contributed by atoms with Gasteiger partial charge in [-0.25, -0.2) is 13.2 Å². The second-order valence-corrected chi connectivity index (χ2v) is 7.62. The molecule has 2 aromatic rings. The van der Waals surface area contributed by atoms with Crippen molar-refractivity contribution in [1.82, 2.24) is 0 Å². The van der Waals surface area contributed by atoms with Gasteiger partial charge >= 0.3 is 6.03 Å². The van der Waals surface area contributed by atoms with Crippen molar-refractivity contribution in [2.45, 2.75) is 24.7 Å². The summed E-state index contributed by atoms with van der Waals surface area (Å²) in [6, 6.07) is 11.0. The number of hydrogen-bond acceptors (Lipinski definition) is 4. The fraction of sp³-hybridized carbons (Fsp3) is 0.278. The molecule has 2 aromatic carbocycles. The molecule has 25 heavy (non-hydrogen) atoms. The summed E-state index contributed by atoms with van der Waals surface area (Å²) in [6.45, 7) is 2.08. The number of benzene rings is 2. The predicted octanol–water partition coefficient (Wildman–Crippen LogP) is 3.41. The van der Waals surface area contributed by atoms with Gasteiger partial charge in [0.25, 0.3) is 10.0 Å². The molecule has 1 aliphatic heterocycles. The number of anilines is 2. The van der Waals surface area contributed by atoms with Crippen LogP contribution in [0.3, 0.4) is 0 Å². The highest BCUT2D eigenvalue weighted by molar-refractivity contribution is 7.94. The minimum Gasteiger partial charge on any atom is -0.497 e. The predicted molar refractivity (Wildman–Crippen MR) is 96.9 cm³/mol. The van der Waals surface area contributed by atoms with Crippen LogP contribution in [0.5, 0.6) is 5.75 Å². The SMILES string of the molecule is CCCc1ccc(N2C(=O)N(C)c3cc(OC)ccc3S2(=O)=O)cc1. The van der Waals surface area contributed by atoms with Gasteiger partial charge in [0, 0.05) is 13.1 Å². The highest BCUT2D eigenvalue weighted by Crippen LogP contribution is 2.38. The van der Waals surface area contributed by atoms with E-state index in [0.717, 1.165) is 22.7 Å². The van der Waals surface area contributed by atoms with Crippen LogP contribution < -0.4 is 13.9 Å². The summed E-state index contributed by atoms with van der Waals surface area (Å²) in [6.07, 6.45) is 1.90. The summed E-state index contributed by atoms with van der Waals surface area (Å²) in [5.74, 6) is 0.492. The molecule has 2 amide bonds. The molecule has 3 rings (SSSR count). The van der Waals surface area contributed by atoms with Crippen LogP contribution in [0.4, 0.5) is 16.2 Å². The standard InChI is InChI=1S/C18H20N2O4S/c1-4-5-13-6-8-14(9-7-13)20-18(21)19(2)16-12-15(24-3)10-11-17(16)25(20,22)23/h6-12H,4-5H2,1-3H3. The number of sulfonamides is 1. The van der Waals surface area contributed by atoms with Crippen LogP contribution in [0.15, 0.2) is 47.4 Å². The van der Waals surface area contributed by atoms with E-state index in [0.29, 0.717) is 17.1 Å². The number of nitrogens with zero attached hydrogens (tertiary/aromatic N) is 2. The Balaban J connectivity index is 2.10. The lowest BCUT2D eigenvalue weighted by atomic mass is 10.1. The van der Waals surface area contributed by atoms with E-state index in [1.165, 1.54) is 18.1 Å². The Kier molecular flexibility index (Phi) is 4.43. The van der Waals surface area contributed by atoms with Crippen molar-refractivity contribution in [3.8, 4) is 5.75 Å². The van der Waals surface area contributed by atoms with Gasteiger partial charge in [-0.15, -0.1) is 0 Å². The average Bonchev–Trinajstić information content (AvgIpc) is 2.61. The van der Waals surface area contributed by atoms with Crippen molar-refractivity contribution in [2.75, 3.05) is 23.4 Å². The first-order valence-electron chi connectivity index (χ1n) is 8.00. The number of hydrogen-bond donors (Lipinski definition) is 0. The number of fused-ring (bicyclic) bond motifs is 1. The van der Waals surface area contributed by atoms with Crippen LogP contribution in [0.1, 0.15) is 18.9 Å². The summed E-state index contributed by atoms with van der Waals surface area (Å²) < 4.78 is 32.0. The molecular formula is C18H20N2O4S. The molecule has 0 unspecified atom stereocenters. The summed E-state index contributed by atoms with van der Waals surface area (Å²) in [4.78, 5) is 14.1. The maximum atomic E-state index is 13.0. The van der Waals surface area contributed by atoms with Crippen LogP contribution in [0.2, 0.25) is 0 Å². The lowest BCUT2D eigenvalue weighted by Crippen LogP contribution is -2.49. The number of amides is 2. The highest BCUT2D eigenvalue weighted by atomic mass is 32.2. The molecule has 6 nitrogen and oxygen atoms in total. The Labute approximate surface area is 147 Å². The van der Waals surface area contributed by atoms with Crippen LogP contribution in [0, 0.1) is 0 Å². The Bertz CT molecular complexity index is 907. The first kappa shape index (κ1) is 17.3. The molecule has 0 atom stereocenters. The molecule has 0 aliphatic carbocycles. The Morgan fingerprint density at radius 1 is 1.08 bits per heavy atom. The molecule has 1 aliphatic rings. The molecule has 0 N–H and O–H groups in total. The van der Waals surface area contributed by atoms with Gasteiger partial charge in [0.1, 0.15) is 10.6 Å². The fourth-order valence-electron chi connectivity index (χ4n) is 2.88. The van der Waals surface area contributed by atoms with Gasteiger partial charge in [-0.2, -0.15) is 4.31 Å². The van der Waals surface area contributed by atoms with Crippen molar-refractivity contribution >= 4 is 27.4 Å². The maximum Gasteiger partial charge on any atom is 0.342 e. The van der Waals surface area contributed by atoms with Gasteiger partial charge in [-0.3, -0.25) is 4.90 Å². The van der Waals surface area contributed by atoms with Crippen LogP contribution >= 0.6 is 0 Å². The summed E-state index contributed by atoms with van der Waals surface area (Å²) in [7, 11) is -0.941. The molecule has 0 aromatic heterocycles. The molecule has 7 heteroatoms. The van der Waals surface area contributed by atoms with Gasteiger partial charge in [0.05, 0.1) is 18.5 Å². The largest absolute Gasteiger partial charge is 0.497 e. The molecule has 0 radical (unpaired) electrons. The number of rotatable bonds is 4. The van der Waals surface area contributed by atoms with E-state index < -0.39 is 16.1 Å². The van der Waals surface area contributed by atoms with Crippen molar-refractivity contribution in [3.05, 3.63) is 48.0 Å². The van der Waals surface area contributed by atoms with E-state index in [4.69, 9.17) is 4.74 Å². The van der Waals surface area contributed by atoms with Crippen LogP contribution in [0.25, 0.3) is 0 Å². The number of carbonyl (C=O) groups is 1. The molecule has 0 saturated carbocycles. The van der Waals surface area contributed by atoms with Crippen LogP contribution in [-0.2, 0) is 16.4 Å². The van der Waals surface area contributed by atoms with E-state index in [9.17, 15) is 13.2 Å². The Morgan fingerprint density at radius 2 is 1.76 bits per heavy atom. The van der Waals surface area contributed by atoms with Gasteiger partial charge < -0.3 is 4.74 Å². The van der Waals surface area contributed by atoms with Crippen molar-refractivity contribution in [3.63, 3.8) is 0 Å². The Hall–Kier alpha value is -2.54. The third kappa shape index (κ3) is 2.84. The zero-order chi connectivity index (χ0) is 18.2. The topological polar surface area (TPSA) is 66.9 Å². The zero-order valence-electron chi connectivity index (χ0n) is 14.4. The smallest absolute Gasteiger partial charge is 0.342 e. The fourth-order valence-corrected chi connectivity index (χ4v) is 4.50. The number of carbonyl (C=O) groups excluding carboxylic acids is 1.